The van der Waals surface area contributed by atoms with Gasteiger partial charge in [0.25, 0.3) is 5.91 Å². The first-order chi connectivity index (χ1) is 20.5. The Bertz CT molecular complexity index is 1170. The maximum atomic E-state index is 13.9. The van der Waals surface area contributed by atoms with Gasteiger partial charge < -0.3 is 19.9 Å². The van der Waals surface area contributed by atoms with E-state index in [9.17, 15) is 14.4 Å². The van der Waals surface area contributed by atoms with Crippen LogP contribution in [0.3, 0.4) is 0 Å². The van der Waals surface area contributed by atoms with Crippen LogP contribution in [0, 0.1) is 0 Å². The molecule has 1 N–H and O–H groups in total. The number of ether oxygens (including phenoxy) is 1. The predicted octanol–water partition coefficient (Wildman–Crippen LogP) is 5.54. The van der Waals surface area contributed by atoms with Gasteiger partial charge in [-0.05, 0) is 62.3 Å². The molecule has 226 valence electrons. The van der Waals surface area contributed by atoms with Crippen molar-refractivity contribution >= 4 is 17.9 Å². The van der Waals surface area contributed by atoms with Crippen molar-refractivity contribution in [2.24, 2.45) is 0 Å². The summed E-state index contributed by atoms with van der Waals surface area (Å²) in [6.07, 6.45) is 8.83. The topological polar surface area (TPSA) is 82.2 Å². The molecule has 3 amide bonds. The van der Waals surface area contributed by atoms with Crippen molar-refractivity contribution in [1.29, 1.82) is 0 Å². The van der Waals surface area contributed by atoms with Crippen molar-refractivity contribution in [3.05, 3.63) is 71.3 Å². The van der Waals surface area contributed by atoms with E-state index in [1.54, 1.807) is 6.92 Å². The van der Waals surface area contributed by atoms with Crippen molar-refractivity contribution in [3.63, 3.8) is 0 Å². The third kappa shape index (κ3) is 7.51. The summed E-state index contributed by atoms with van der Waals surface area (Å²) in [5.74, 6) is -0.360. The molecular weight excluding hydrogens is 528 g/mol. The van der Waals surface area contributed by atoms with E-state index in [0.29, 0.717) is 37.6 Å². The van der Waals surface area contributed by atoms with Gasteiger partial charge in [-0.1, -0.05) is 61.7 Å². The number of rotatable bonds is 11. The Morgan fingerprint density at radius 3 is 2.31 bits per heavy atom. The fraction of sp³-hybridized carbons (Fsp3) is 0.559. The molecule has 2 aliphatic heterocycles. The number of carbonyl (C=O) groups excluding carboxylic acids is 3. The molecule has 8 heteroatoms. The second kappa shape index (κ2) is 14.7. The summed E-state index contributed by atoms with van der Waals surface area (Å²) in [5, 5.41) is 2.88. The standard InChI is InChI=1S/C34H46N4O4/c1-2-42-32(39)14-9-21-35-33(40)28-17-15-26(16-18-28)24-36-22-19-30(20-23-36)38-31(27-10-5-3-6-11-27)25-37(34(38)41)29-12-7-4-8-13-29/h3,5-6,10-11,15-18,29-31H,2,4,7-9,12-14,19-25H2,1H3,(H,35,40)/t31-/m0/s1. The monoisotopic (exact) mass is 574 g/mol. The Hall–Kier alpha value is -3.39. The average molecular weight is 575 g/mol. The summed E-state index contributed by atoms with van der Waals surface area (Å²) < 4.78 is 4.92. The van der Waals surface area contributed by atoms with Crippen LogP contribution in [-0.2, 0) is 16.1 Å². The first-order valence-electron chi connectivity index (χ1n) is 15.9. The highest BCUT2D eigenvalue weighted by Gasteiger charge is 2.45. The van der Waals surface area contributed by atoms with Crippen LogP contribution in [0.2, 0.25) is 0 Å². The number of benzene rings is 2. The zero-order chi connectivity index (χ0) is 29.3. The molecule has 2 heterocycles. The number of carbonyl (C=O) groups is 3. The zero-order valence-electron chi connectivity index (χ0n) is 25.0. The minimum atomic E-state index is -0.232. The fourth-order valence-corrected chi connectivity index (χ4v) is 6.83. The summed E-state index contributed by atoms with van der Waals surface area (Å²) in [5.41, 5.74) is 3.04. The quantitative estimate of drug-likeness (QED) is 0.282. The molecule has 2 saturated heterocycles. The van der Waals surface area contributed by atoms with Gasteiger partial charge in [0.2, 0.25) is 0 Å². The number of piperidine rings is 1. The van der Waals surface area contributed by atoms with Gasteiger partial charge in [-0.25, -0.2) is 4.79 Å². The molecule has 8 nitrogen and oxygen atoms in total. The molecular formula is C34H46N4O4. The SMILES string of the molecule is CCOC(=O)CCCNC(=O)c1ccc(CN2CCC(N3C(=O)N(C4CCCCC4)C[C@H]3c3ccccc3)CC2)cc1. The molecule has 0 spiro atoms. The van der Waals surface area contributed by atoms with E-state index in [1.807, 2.05) is 24.3 Å². The number of nitrogens with zero attached hydrogens (tertiary/aromatic N) is 3. The van der Waals surface area contributed by atoms with Crippen LogP contribution >= 0.6 is 0 Å². The highest BCUT2D eigenvalue weighted by Crippen LogP contribution is 2.38. The first-order valence-corrected chi connectivity index (χ1v) is 15.9. The normalized spacial score (nSPS) is 20.6. The number of esters is 1. The van der Waals surface area contributed by atoms with E-state index in [-0.39, 0.29) is 30.0 Å². The molecule has 3 aliphatic rings. The van der Waals surface area contributed by atoms with Crippen molar-refractivity contribution in [2.45, 2.75) is 89.4 Å². The number of hydrogen-bond acceptors (Lipinski definition) is 5. The van der Waals surface area contributed by atoms with Crippen LogP contribution in [0.4, 0.5) is 4.79 Å². The highest BCUT2D eigenvalue weighted by molar-refractivity contribution is 5.94. The Labute approximate surface area is 250 Å². The number of urea groups is 1. The molecule has 0 aromatic heterocycles. The third-order valence-electron chi connectivity index (χ3n) is 9.09. The van der Waals surface area contributed by atoms with Gasteiger partial charge >= 0.3 is 12.0 Å². The van der Waals surface area contributed by atoms with Gasteiger partial charge in [0, 0.05) is 56.8 Å². The molecule has 5 rings (SSSR count). The van der Waals surface area contributed by atoms with Crippen molar-refractivity contribution in [2.75, 3.05) is 32.8 Å². The van der Waals surface area contributed by atoms with Gasteiger partial charge in [-0.2, -0.15) is 0 Å². The Balaban J connectivity index is 1.13. The summed E-state index contributed by atoms with van der Waals surface area (Å²) in [7, 11) is 0. The van der Waals surface area contributed by atoms with E-state index in [0.717, 1.165) is 51.9 Å². The van der Waals surface area contributed by atoms with Gasteiger partial charge in [0.15, 0.2) is 0 Å². The number of amides is 3. The number of nitrogens with one attached hydrogen (secondary N) is 1. The molecule has 1 aliphatic carbocycles. The van der Waals surface area contributed by atoms with E-state index in [1.165, 1.54) is 30.4 Å². The Kier molecular flexibility index (Phi) is 10.5. The maximum absolute atomic E-state index is 13.9. The highest BCUT2D eigenvalue weighted by atomic mass is 16.5. The maximum Gasteiger partial charge on any atom is 0.321 e. The smallest absolute Gasteiger partial charge is 0.321 e. The lowest BCUT2D eigenvalue weighted by molar-refractivity contribution is -0.143. The molecule has 1 atom stereocenters. The van der Waals surface area contributed by atoms with Gasteiger partial charge in [0.1, 0.15) is 0 Å². The summed E-state index contributed by atoms with van der Waals surface area (Å²) >= 11 is 0. The van der Waals surface area contributed by atoms with Gasteiger partial charge in [-0.3, -0.25) is 14.5 Å². The van der Waals surface area contributed by atoms with Gasteiger partial charge in [0.05, 0.1) is 12.6 Å². The van der Waals surface area contributed by atoms with Crippen LogP contribution in [0.5, 0.6) is 0 Å². The summed E-state index contributed by atoms with van der Waals surface area (Å²) in [4.78, 5) is 44.7. The molecule has 42 heavy (non-hydrogen) atoms. The Morgan fingerprint density at radius 2 is 1.62 bits per heavy atom. The second-order valence-electron chi connectivity index (χ2n) is 11.9. The lowest BCUT2D eigenvalue weighted by atomic mass is 9.94. The number of likely N-dealkylation sites (tertiary alicyclic amines) is 1. The van der Waals surface area contributed by atoms with Crippen molar-refractivity contribution in [3.8, 4) is 0 Å². The van der Waals surface area contributed by atoms with Crippen LogP contribution in [0.15, 0.2) is 54.6 Å². The van der Waals surface area contributed by atoms with Crippen molar-refractivity contribution in [1.82, 2.24) is 20.0 Å². The molecule has 2 aromatic carbocycles. The van der Waals surface area contributed by atoms with Crippen LogP contribution < -0.4 is 5.32 Å². The average Bonchev–Trinajstić information content (AvgIpc) is 3.38. The third-order valence-corrected chi connectivity index (χ3v) is 9.09. The van der Waals surface area contributed by atoms with E-state index in [2.05, 4.69) is 50.3 Å². The Morgan fingerprint density at radius 1 is 0.905 bits per heavy atom. The van der Waals surface area contributed by atoms with E-state index < -0.39 is 0 Å². The van der Waals surface area contributed by atoms with Gasteiger partial charge in [-0.15, -0.1) is 0 Å². The second-order valence-corrected chi connectivity index (χ2v) is 11.9. The zero-order valence-corrected chi connectivity index (χ0v) is 25.0. The summed E-state index contributed by atoms with van der Waals surface area (Å²) in [6, 6.07) is 19.4. The fourth-order valence-electron chi connectivity index (χ4n) is 6.83. The number of hydrogen-bond donors (Lipinski definition) is 1. The minimum Gasteiger partial charge on any atom is -0.466 e. The predicted molar refractivity (Wildman–Crippen MR) is 163 cm³/mol. The molecule has 0 unspecified atom stereocenters. The van der Waals surface area contributed by atoms with E-state index >= 15 is 0 Å². The van der Waals surface area contributed by atoms with Crippen LogP contribution in [-0.4, -0.2) is 77.5 Å². The molecule has 3 fully saturated rings. The first kappa shape index (κ1) is 30.1. The van der Waals surface area contributed by atoms with Crippen LogP contribution in [0.1, 0.15) is 92.2 Å². The molecule has 1 saturated carbocycles. The molecule has 0 radical (unpaired) electrons. The largest absolute Gasteiger partial charge is 0.466 e. The molecule has 2 aromatic rings. The van der Waals surface area contributed by atoms with E-state index in [4.69, 9.17) is 4.74 Å². The lowest BCUT2D eigenvalue weighted by Crippen LogP contribution is -2.48. The summed E-state index contributed by atoms with van der Waals surface area (Å²) in [6.45, 7) is 6.13. The van der Waals surface area contributed by atoms with Crippen molar-refractivity contribution < 1.29 is 19.1 Å². The minimum absolute atomic E-state index is 0.126. The lowest BCUT2D eigenvalue weighted by Gasteiger charge is -2.39. The molecule has 0 bridgehead atoms. The van der Waals surface area contributed by atoms with Crippen LogP contribution in [0.25, 0.3) is 0 Å².